The molecule has 1 aliphatic rings. The van der Waals surface area contributed by atoms with E-state index in [0.29, 0.717) is 11.4 Å². The van der Waals surface area contributed by atoms with Crippen molar-refractivity contribution in [1.29, 1.82) is 5.26 Å². The number of nitriles is 1. The Morgan fingerprint density at radius 2 is 2.18 bits per heavy atom. The summed E-state index contributed by atoms with van der Waals surface area (Å²) < 4.78 is 0. The van der Waals surface area contributed by atoms with Crippen LogP contribution in [0.3, 0.4) is 0 Å². The fraction of sp³-hybridized carbons (Fsp3) is 0.538. The highest BCUT2D eigenvalue weighted by molar-refractivity contribution is 5.53. The number of aryl methyl sites for hydroxylation is 1. The summed E-state index contributed by atoms with van der Waals surface area (Å²) in [6.45, 7) is 1.92. The second-order valence-corrected chi connectivity index (χ2v) is 4.66. The fourth-order valence-electron chi connectivity index (χ4n) is 2.27. The molecule has 1 aliphatic carbocycles. The SMILES string of the molecule is Cc1ccc(C#N)c(NC2CCCCC2N)n1. The van der Waals surface area contributed by atoms with Gasteiger partial charge in [0.25, 0.3) is 0 Å². The smallest absolute Gasteiger partial charge is 0.144 e. The lowest BCUT2D eigenvalue weighted by Gasteiger charge is -2.30. The Bertz CT molecular complexity index is 436. The number of aromatic nitrogens is 1. The van der Waals surface area contributed by atoms with E-state index in [0.717, 1.165) is 18.5 Å². The van der Waals surface area contributed by atoms with Crippen molar-refractivity contribution >= 4 is 5.82 Å². The van der Waals surface area contributed by atoms with Crippen LogP contribution in [0.2, 0.25) is 0 Å². The molecule has 0 aromatic carbocycles. The van der Waals surface area contributed by atoms with Crippen LogP contribution in [0.1, 0.15) is 36.9 Å². The molecule has 2 rings (SSSR count). The number of hydrogen-bond acceptors (Lipinski definition) is 4. The molecular formula is C13H18N4. The first-order valence-corrected chi connectivity index (χ1v) is 6.10. The van der Waals surface area contributed by atoms with Crippen molar-refractivity contribution in [3.05, 3.63) is 23.4 Å². The molecule has 0 aliphatic heterocycles. The van der Waals surface area contributed by atoms with Crippen LogP contribution in [-0.2, 0) is 0 Å². The minimum Gasteiger partial charge on any atom is -0.365 e. The van der Waals surface area contributed by atoms with Gasteiger partial charge in [-0.25, -0.2) is 4.98 Å². The molecule has 3 N–H and O–H groups in total. The summed E-state index contributed by atoms with van der Waals surface area (Å²) >= 11 is 0. The molecule has 4 nitrogen and oxygen atoms in total. The zero-order chi connectivity index (χ0) is 12.3. The van der Waals surface area contributed by atoms with Gasteiger partial charge in [-0.15, -0.1) is 0 Å². The minimum atomic E-state index is 0.164. The highest BCUT2D eigenvalue weighted by Crippen LogP contribution is 2.22. The van der Waals surface area contributed by atoms with E-state index >= 15 is 0 Å². The number of pyridine rings is 1. The maximum atomic E-state index is 9.04. The lowest BCUT2D eigenvalue weighted by Crippen LogP contribution is -2.42. The molecule has 90 valence electrons. The molecule has 2 atom stereocenters. The number of nitrogens with zero attached hydrogens (tertiary/aromatic N) is 2. The first-order chi connectivity index (χ1) is 8.20. The molecule has 1 saturated carbocycles. The normalized spacial score (nSPS) is 24.1. The van der Waals surface area contributed by atoms with Crippen molar-refractivity contribution in [1.82, 2.24) is 4.98 Å². The Labute approximate surface area is 102 Å². The number of hydrogen-bond donors (Lipinski definition) is 2. The summed E-state index contributed by atoms with van der Waals surface area (Å²) in [6, 6.07) is 6.22. The average molecular weight is 230 g/mol. The Hall–Kier alpha value is -1.60. The van der Waals surface area contributed by atoms with Gasteiger partial charge in [0.05, 0.1) is 5.56 Å². The van der Waals surface area contributed by atoms with Gasteiger partial charge in [0.2, 0.25) is 0 Å². The predicted molar refractivity (Wildman–Crippen MR) is 67.5 cm³/mol. The maximum Gasteiger partial charge on any atom is 0.144 e. The van der Waals surface area contributed by atoms with Crippen LogP contribution in [0.25, 0.3) is 0 Å². The number of nitrogens with two attached hydrogens (primary N) is 1. The highest BCUT2D eigenvalue weighted by Gasteiger charge is 2.22. The van der Waals surface area contributed by atoms with E-state index in [2.05, 4.69) is 16.4 Å². The zero-order valence-electron chi connectivity index (χ0n) is 10.1. The Balaban J connectivity index is 2.17. The van der Waals surface area contributed by atoms with Crippen LogP contribution < -0.4 is 11.1 Å². The molecule has 1 aromatic rings. The average Bonchev–Trinajstić information content (AvgIpc) is 2.32. The van der Waals surface area contributed by atoms with Crippen LogP contribution in [0.4, 0.5) is 5.82 Å². The van der Waals surface area contributed by atoms with Gasteiger partial charge in [-0.05, 0) is 31.9 Å². The van der Waals surface area contributed by atoms with Crippen molar-refractivity contribution in [2.45, 2.75) is 44.7 Å². The zero-order valence-corrected chi connectivity index (χ0v) is 10.1. The largest absolute Gasteiger partial charge is 0.365 e. The van der Waals surface area contributed by atoms with Crippen LogP contribution in [-0.4, -0.2) is 17.1 Å². The van der Waals surface area contributed by atoms with Crippen molar-refractivity contribution in [2.24, 2.45) is 5.73 Å². The van der Waals surface area contributed by atoms with Crippen LogP contribution >= 0.6 is 0 Å². The van der Waals surface area contributed by atoms with Gasteiger partial charge in [0.1, 0.15) is 11.9 Å². The molecule has 4 heteroatoms. The van der Waals surface area contributed by atoms with Crippen molar-refractivity contribution < 1.29 is 0 Å². The number of anilines is 1. The van der Waals surface area contributed by atoms with E-state index in [1.807, 2.05) is 13.0 Å². The minimum absolute atomic E-state index is 0.164. The van der Waals surface area contributed by atoms with Crippen molar-refractivity contribution in [2.75, 3.05) is 5.32 Å². The van der Waals surface area contributed by atoms with E-state index in [1.54, 1.807) is 6.07 Å². The molecule has 0 bridgehead atoms. The molecule has 1 aromatic heterocycles. The maximum absolute atomic E-state index is 9.04. The highest BCUT2D eigenvalue weighted by atomic mass is 15.0. The van der Waals surface area contributed by atoms with Gasteiger partial charge < -0.3 is 11.1 Å². The summed E-state index contributed by atoms with van der Waals surface area (Å²) in [7, 11) is 0. The number of nitrogens with one attached hydrogen (secondary N) is 1. The van der Waals surface area contributed by atoms with Gasteiger partial charge in [-0.1, -0.05) is 12.8 Å². The first kappa shape index (κ1) is 11.9. The Kier molecular flexibility index (Phi) is 3.60. The summed E-state index contributed by atoms with van der Waals surface area (Å²) in [5.74, 6) is 0.676. The van der Waals surface area contributed by atoms with E-state index in [9.17, 15) is 0 Å². The van der Waals surface area contributed by atoms with E-state index < -0.39 is 0 Å². The van der Waals surface area contributed by atoms with Crippen molar-refractivity contribution in [3.63, 3.8) is 0 Å². The number of rotatable bonds is 2. The molecular weight excluding hydrogens is 212 g/mol. The molecule has 0 saturated heterocycles. The molecule has 17 heavy (non-hydrogen) atoms. The van der Waals surface area contributed by atoms with E-state index in [1.165, 1.54) is 12.8 Å². The molecule has 0 amide bonds. The van der Waals surface area contributed by atoms with Gasteiger partial charge in [-0.3, -0.25) is 0 Å². The van der Waals surface area contributed by atoms with E-state index in [4.69, 9.17) is 11.0 Å². The monoisotopic (exact) mass is 230 g/mol. The van der Waals surface area contributed by atoms with Crippen molar-refractivity contribution in [3.8, 4) is 6.07 Å². The van der Waals surface area contributed by atoms with Crippen LogP contribution in [0.15, 0.2) is 12.1 Å². The second-order valence-electron chi connectivity index (χ2n) is 4.66. The van der Waals surface area contributed by atoms with Gasteiger partial charge in [0.15, 0.2) is 0 Å². The third-order valence-electron chi connectivity index (χ3n) is 3.30. The molecule has 0 spiro atoms. The second kappa shape index (κ2) is 5.15. The van der Waals surface area contributed by atoms with Gasteiger partial charge in [-0.2, -0.15) is 5.26 Å². The standard InChI is InChI=1S/C13H18N4/c1-9-6-7-10(8-14)13(16-9)17-12-5-3-2-4-11(12)15/h6-7,11-12H,2-5,15H2,1H3,(H,16,17). The molecule has 1 heterocycles. The Morgan fingerprint density at radius 3 is 2.88 bits per heavy atom. The molecule has 0 radical (unpaired) electrons. The fourth-order valence-corrected chi connectivity index (χ4v) is 2.27. The van der Waals surface area contributed by atoms with Crippen LogP contribution in [0, 0.1) is 18.3 Å². The Morgan fingerprint density at radius 1 is 1.41 bits per heavy atom. The third kappa shape index (κ3) is 2.75. The predicted octanol–water partition coefficient (Wildman–Crippen LogP) is 1.94. The summed E-state index contributed by atoms with van der Waals surface area (Å²) in [5, 5.41) is 12.4. The first-order valence-electron chi connectivity index (χ1n) is 6.10. The van der Waals surface area contributed by atoms with Crippen LogP contribution in [0.5, 0.6) is 0 Å². The third-order valence-corrected chi connectivity index (χ3v) is 3.30. The molecule has 1 fully saturated rings. The summed E-state index contributed by atoms with van der Waals surface area (Å²) in [5.41, 5.74) is 7.59. The summed E-state index contributed by atoms with van der Waals surface area (Å²) in [4.78, 5) is 4.38. The van der Waals surface area contributed by atoms with Gasteiger partial charge >= 0.3 is 0 Å². The quantitative estimate of drug-likeness (QED) is 0.814. The topological polar surface area (TPSA) is 74.7 Å². The lowest BCUT2D eigenvalue weighted by molar-refractivity contribution is 0.403. The van der Waals surface area contributed by atoms with Gasteiger partial charge in [0, 0.05) is 17.8 Å². The summed E-state index contributed by atoms with van der Waals surface area (Å²) in [6.07, 6.45) is 4.50. The van der Waals surface area contributed by atoms with E-state index in [-0.39, 0.29) is 12.1 Å². The lowest BCUT2D eigenvalue weighted by atomic mass is 9.91. The molecule has 2 unspecified atom stereocenters.